The van der Waals surface area contributed by atoms with E-state index in [0.29, 0.717) is 17.9 Å². The molecule has 2 aliphatic rings. The van der Waals surface area contributed by atoms with Crippen molar-refractivity contribution in [1.29, 1.82) is 0 Å². The predicted molar refractivity (Wildman–Crippen MR) is 125 cm³/mol. The number of anilines is 1. The van der Waals surface area contributed by atoms with Crippen molar-refractivity contribution in [3.05, 3.63) is 42.4 Å². The van der Waals surface area contributed by atoms with Crippen LogP contribution in [0.25, 0.3) is 0 Å². The summed E-state index contributed by atoms with van der Waals surface area (Å²) in [5.74, 6) is -4.11. The molecule has 2 aromatic heterocycles. The van der Waals surface area contributed by atoms with Crippen LogP contribution in [0, 0.1) is 0 Å². The molecule has 2 aliphatic heterocycles. The Balaban J connectivity index is 0.000000333. The van der Waals surface area contributed by atoms with Gasteiger partial charge in [0.25, 0.3) is 0 Å². The number of likely N-dealkylation sites (tertiary alicyclic amines) is 1. The number of aromatic nitrogens is 3. The van der Waals surface area contributed by atoms with Crippen LogP contribution in [0.15, 0.2) is 36.8 Å². The van der Waals surface area contributed by atoms with Gasteiger partial charge in [-0.2, -0.15) is 26.3 Å². The molecule has 1 spiro atoms. The summed E-state index contributed by atoms with van der Waals surface area (Å²) >= 11 is 0. The van der Waals surface area contributed by atoms with E-state index in [1.54, 1.807) is 25.7 Å². The minimum atomic E-state index is -5.08. The van der Waals surface area contributed by atoms with Crippen LogP contribution in [0.5, 0.6) is 5.88 Å². The van der Waals surface area contributed by atoms with E-state index in [-0.39, 0.29) is 5.60 Å². The number of nitrogens with one attached hydrogen (secondary N) is 1. The molecule has 4 heterocycles. The number of hydrogen-bond acceptors (Lipinski definition) is 9. The standard InChI is InChI=1S/C19H25N5O2.2C2HF3O2/c1-25-17-15(4-2-7-20-17)13-24-10-6-19(14-24)12-16(5-11-26-19)23-18-21-8-3-9-22-18;2*3-2(4,5)1(6)7/h2-4,7-9,16H,5-6,10-14H2,1H3,(H,21,22,23);2*(H,6,7)/t16-,19-;;/m1../s1. The highest BCUT2D eigenvalue weighted by molar-refractivity contribution is 5.73. The first kappa shape index (κ1) is 32.5. The number of pyridine rings is 1. The number of hydrogen-bond donors (Lipinski definition) is 3. The number of halogens is 6. The minimum absolute atomic E-state index is 0.0832. The molecule has 2 saturated heterocycles. The lowest BCUT2D eigenvalue weighted by molar-refractivity contribution is -0.193. The van der Waals surface area contributed by atoms with E-state index in [1.165, 1.54) is 0 Å². The maximum atomic E-state index is 10.6. The van der Waals surface area contributed by atoms with Gasteiger partial charge in [-0.25, -0.2) is 24.5 Å². The van der Waals surface area contributed by atoms with Crippen molar-refractivity contribution in [2.24, 2.45) is 0 Å². The van der Waals surface area contributed by atoms with E-state index in [2.05, 4.69) is 31.2 Å². The van der Waals surface area contributed by atoms with E-state index in [4.69, 9.17) is 29.3 Å². The molecule has 40 heavy (non-hydrogen) atoms. The normalized spacial score (nSPS) is 20.9. The Hall–Kier alpha value is -3.73. The topological polar surface area (TPSA) is 147 Å². The molecule has 4 rings (SSSR count). The first-order valence-corrected chi connectivity index (χ1v) is 11.6. The second kappa shape index (κ2) is 14.1. The minimum Gasteiger partial charge on any atom is -0.481 e. The number of ether oxygens (including phenoxy) is 2. The second-order valence-electron chi connectivity index (χ2n) is 8.68. The first-order chi connectivity index (χ1) is 18.6. The number of nitrogens with zero attached hydrogens (tertiary/aromatic N) is 4. The highest BCUT2D eigenvalue weighted by Gasteiger charge is 2.43. The van der Waals surface area contributed by atoms with Crippen molar-refractivity contribution in [1.82, 2.24) is 19.9 Å². The second-order valence-corrected chi connectivity index (χ2v) is 8.68. The fraction of sp³-hybridized carbons (Fsp3) is 0.522. The molecule has 3 N–H and O–H groups in total. The van der Waals surface area contributed by atoms with Crippen LogP contribution in [0.1, 0.15) is 24.8 Å². The number of carboxylic acids is 2. The lowest BCUT2D eigenvalue weighted by Crippen LogP contribution is -2.46. The van der Waals surface area contributed by atoms with Gasteiger partial charge in [-0.05, 0) is 31.4 Å². The van der Waals surface area contributed by atoms with E-state index < -0.39 is 24.3 Å². The average molecular weight is 583 g/mol. The molecule has 0 radical (unpaired) electrons. The van der Waals surface area contributed by atoms with Crippen molar-refractivity contribution in [3.8, 4) is 5.88 Å². The number of methoxy groups -OCH3 is 1. The molecule has 2 fully saturated rings. The summed E-state index contributed by atoms with van der Waals surface area (Å²) in [5, 5.41) is 17.7. The van der Waals surface area contributed by atoms with E-state index >= 15 is 0 Å². The van der Waals surface area contributed by atoms with Crippen molar-refractivity contribution in [2.45, 2.75) is 49.8 Å². The number of carboxylic acid groups (broad SMARTS) is 2. The molecule has 0 unspecified atom stereocenters. The summed E-state index contributed by atoms with van der Waals surface area (Å²) in [6.45, 7) is 3.56. The van der Waals surface area contributed by atoms with E-state index in [9.17, 15) is 26.3 Å². The monoisotopic (exact) mass is 583 g/mol. The van der Waals surface area contributed by atoms with Gasteiger partial charge < -0.3 is 25.0 Å². The van der Waals surface area contributed by atoms with Crippen molar-refractivity contribution >= 4 is 17.9 Å². The van der Waals surface area contributed by atoms with Gasteiger partial charge in [0.2, 0.25) is 11.8 Å². The number of alkyl halides is 6. The van der Waals surface area contributed by atoms with Crippen LogP contribution < -0.4 is 10.1 Å². The Morgan fingerprint density at radius 3 is 2.20 bits per heavy atom. The van der Waals surface area contributed by atoms with Crippen molar-refractivity contribution in [3.63, 3.8) is 0 Å². The van der Waals surface area contributed by atoms with Gasteiger partial charge in [0.1, 0.15) is 0 Å². The molecule has 2 atom stereocenters. The molecule has 0 saturated carbocycles. The van der Waals surface area contributed by atoms with Crippen LogP contribution in [-0.4, -0.2) is 92.8 Å². The SMILES string of the molecule is COc1ncccc1CN1CC[C@@]2(C[C@H](Nc3ncccn3)CCO2)C1.O=C(O)C(F)(F)F.O=C(O)C(F)(F)F. The fourth-order valence-corrected chi connectivity index (χ4v) is 4.02. The molecule has 11 nitrogen and oxygen atoms in total. The third-order valence-electron chi connectivity index (χ3n) is 5.71. The Bertz CT molecular complexity index is 1080. The quantitative estimate of drug-likeness (QED) is 0.445. The summed E-state index contributed by atoms with van der Waals surface area (Å²) < 4.78 is 75.1. The van der Waals surface area contributed by atoms with Gasteiger partial charge in [-0.15, -0.1) is 0 Å². The third kappa shape index (κ3) is 10.4. The van der Waals surface area contributed by atoms with Gasteiger partial charge in [-0.3, -0.25) is 4.90 Å². The zero-order valence-corrected chi connectivity index (χ0v) is 21.1. The fourth-order valence-electron chi connectivity index (χ4n) is 4.02. The van der Waals surface area contributed by atoms with Crippen LogP contribution >= 0.6 is 0 Å². The van der Waals surface area contributed by atoms with Gasteiger partial charge in [0, 0.05) is 56.4 Å². The number of aliphatic carboxylic acids is 2. The number of rotatable bonds is 5. The van der Waals surface area contributed by atoms with Crippen LogP contribution in [-0.2, 0) is 20.9 Å². The van der Waals surface area contributed by atoms with Crippen LogP contribution in [0.4, 0.5) is 32.3 Å². The smallest absolute Gasteiger partial charge is 0.481 e. The average Bonchev–Trinajstić information content (AvgIpc) is 3.25. The summed E-state index contributed by atoms with van der Waals surface area (Å²) in [5.41, 5.74) is 1.04. The lowest BCUT2D eigenvalue weighted by atomic mass is 9.89. The van der Waals surface area contributed by atoms with Gasteiger partial charge >= 0.3 is 24.3 Å². The molecule has 0 amide bonds. The predicted octanol–water partition coefficient (Wildman–Crippen LogP) is 3.38. The maximum Gasteiger partial charge on any atom is 0.490 e. The zero-order valence-electron chi connectivity index (χ0n) is 21.1. The highest BCUT2D eigenvalue weighted by atomic mass is 19.4. The lowest BCUT2D eigenvalue weighted by Gasteiger charge is -2.38. The first-order valence-electron chi connectivity index (χ1n) is 11.6. The van der Waals surface area contributed by atoms with Crippen molar-refractivity contribution in [2.75, 3.05) is 32.1 Å². The van der Waals surface area contributed by atoms with Crippen molar-refractivity contribution < 1.29 is 55.6 Å². The summed E-state index contributed by atoms with van der Waals surface area (Å²) in [7, 11) is 1.67. The molecule has 0 aliphatic carbocycles. The molecular weight excluding hydrogens is 556 g/mol. The molecule has 0 aromatic carbocycles. The summed E-state index contributed by atoms with van der Waals surface area (Å²) in [4.78, 5) is 33.1. The largest absolute Gasteiger partial charge is 0.490 e. The molecule has 17 heteroatoms. The van der Waals surface area contributed by atoms with Crippen LogP contribution in [0.2, 0.25) is 0 Å². The van der Waals surface area contributed by atoms with E-state index in [0.717, 1.165) is 51.1 Å². The molecule has 0 bridgehead atoms. The molecule has 2 aromatic rings. The molecule has 222 valence electrons. The Morgan fingerprint density at radius 1 is 1.07 bits per heavy atom. The summed E-state index contributed by atoms with van der Waals surface area (Å²) in [6, 6.07) is 6.22. The Kier molecular flexibility index (Phi) is 11.4. The maximum absolute atomic E-state index is 10.6. The van der Waals surface area contributed by atoms with Crippen LogP contribution in [0.3, 0.4) is 0 Å². The van der Waals surface area contributed by atoms with Gasteiger partial charge in [0.15, 0.2) is 0 Å². The summed E-state index contributed by atoms with van der Waals surface area (Å²) in [6.07, 6.45) is -1.86. The van der Waals surface area contributed by atoms with Gasteiger partial charge in [0.05, 0.1) is 12.7 Å². The van der Waals surface area contributed by atoms with E-state index in [1.807, 2.05) is 12.1 Å². The Labute approximate surface area is 224 Å². The third-order valence-corrected chi connectivity index (χ3v) is 5.71. The Morgan fingerprint density at radius 2 is 1.65 bits per heavy atom. The number of carbonyl (C=O) groups is 2. The highest BCUT2D eigenvalue weighted by Crippen LogP contribution is 2.36. The molecular formula is C23H27F6N5O6. The zero-order chi connectivity index (χ0) is 30.0. The van der Waals surface area contributed by atoms with Gasteiger partial charge in [-0.1, -0.05) is 6.07 Å².